The molecule has 1 fully saturated rings. The molecule has 0 bridgehead atoms. The number of carbonyl (C=O) groups is 1. The number of amides is 1. The zero-order valence-electron chi connectivity index (χ0n) is 19.1. The molecule has 8 nitrogen and oxygen atoms in total. The predicted molar refractivity (Wildman–Crippen MR) is 135 cm³/mol. The first-order chi connectivity index (χ1) is 16.5. The van der Waals surface area contributed by atoms with Gasteiger partial charge in [-0.2, -0.15) is 0 Å². The first-order valence-electron chi connectivity index (χ1n) is 11.5. The zero-order chi connectivity index (χ0) is 24.1. The van der Waals surface area contributed by atoms with Crippen LogP contribution in [0.15, 0.2) is 70.9 Å². The van der Waals surface area contributed by atoms with Crippen LogP contribution in [0.5, 0.6) is 0 Å². The van der Waals surface area contributed by atoms with Crippen molar-refractivity contribution in [2.24, 2.45) is 0 Å². The molecule has 176 valence electrons. The van der Waals surface area contributed by atoms with Gasteiger partial charge in [-0.15, -0.1) is 0 Å². The second-order valence-corrected chi connectivity index (χ2v) is 8.59. The number of carbonyl (C=O) groups excluding carboxylic acids is 1. The largest absolute Gasteiger partial charge is 0.373 e. The molecule has 1 amide bonds. The lowest BCUT2D eigenvalue weighted by molar-refractivity contribution is -0.117. The summed E-state index contributed by atoms with van der Waals surface area (Å²) in [4.78, 5) is 40.7. The molecule has 34 heavy (non-hydrogen) atoms. The SMILES string of the molecule is C=CC(=O)N[C@@H]1CCCC[C@@H]1Nc1cc(Nc2c(N[C@H](C)c3ccccc3)c(=O)c2=O)ccn1. The number of rotatable bonds is 9. The summed E-state index contributed by atoms with van der Waals surface area (Å²) in [6, 6.07) is 13.1. The third kappa shape index (κ3) is 5.17. The molecule has 8 heteroatoms. The summed E-state index contributed by atoms with van der Waals surface area (Å²) in [5, 5.41) is 12.6. The number of anilines is 4. The maximum Gasteiger partial charge on any atom is 0.253 e. The first-order valence-corrected chi connectivity index (χ1v) is 11.5. The van der Waals surface area contributed by atoms with Crippen LogP contribution in [-0.4, -0.2) is 23.0 Å². The number of hydrogen-bond donors (Lipinski definition) is 4. The Balaban J connectivity index is 1.46. The summed E-state index contributed by atoms with van der Waals surface area (Å²) >= 11 is 0. The highest BCUT2D eigenvalue weighted by atomic mass is 16.2. The third-order valence-electron chi connectivity index (χ3n) is 6.21. The van der Waals surface area contributed by atoms with E-state index in [9.17, 15) is 14.4 Å². The minimum Gasteiger partial charge on any atom is -0.373 e. The van der Waals surface area contributed by atoms with E-state index in [4.69, 9.17) is 0 Å². The topological polar surface area (TPSA) is 112 Å². The van der Waals surface area contributed by atoms with Crippen molar-refractivity contribution in [3.05, 3.63) is 87.3 Å². The quantitative estimate of drug-likeness (QED) is 0.286. The molecular weight excluding hydrogens is 430 g/mol. The van der Waals surface area contributed by atoms with Crippen molar-refractivity contribution in [3.63, 3.8) is 0 Å². The molecule has 0 saturated heterocycles. The molecule has 0 radical (unpaired) electrons. The van der Waals surface area contributed by atoms with Gasteiger partial charge in [-0.05, 0) is 37.5 Å². The van der Waals surface area contributed by atoms with E-state index in [-0.39, 0.29) is 35.4 Å². The lowest BCUT2D eigenvalue weighted by Gasteiger charge is -2.33. The summed E-state index contributed by atoms with van der Waals surface area (Å²) in [5.74, 6) is 0.438. The van der Waals surface area contributed by atoms with Crippen LogP contribution in [0.2, 0.25) is 0 Å². The molecule has 4 N–H and O–H groups in total. The highest BCUT2D eigenvalue weighted by Gasteiger charge is 2.27. The van der Waals surface area contributed by atoms with Crippen molar-refractivity contribution in [1.29, 1.82) is 0 Å². The van der Waals surface area contributed by atoms with Gasteiger partial charge in [-0.25, -0.2) is 4.98 Å². The molecule has 3 atom stereocenters. The summed E-state index contributed by atoms with van der Waals surface area (Å²) in [6.45, 7) is 5.47. The number of hydrogen-bond acceptors (Lipinski definition) is 7. The lowest BCUT2D eigenvalue weighted by Crippen LogP contribution is -2.48. The Morgan fingerprint density at radius 1 is 1.06 bits per heavy atom. The van der Waals surface area contributed by atoms with Crippen LogP contribution >= 0.6 is 0 Å². The Morgan fingerprint density at radius 3 is 2.50 bits per heavy atom. The van der Waals surface area contributed by atoms with Gasteiger partial charge >= 0.3 is 0 Å². The molecule has 3 aromatic rings. The Morgan fingerprint density at radius 2 is 1.76 bits per heavy atom. The molecule has 1 saturated carbocycles. The molecule has 0 unspecified atom stereocenters. The van der Waals surface area contributed by atoms with E-state index in [1.807, 2.05) is 37.3 Å². The molecular formula is C26H29N5O3. The summed E-state index contributed by atoms with van der Waals surface area (Å²) in [7, 11) is 0. The number of nitrogens with zero attached hydrogens (tertiary/aromatic N) is 1. The lowest BCUT2D eigenvalue weighted by atomic mass is 9.90. The van der Waals surface area contributed by atoms with Crippen LogP contribution in [0.25, 0.3) is 0 Å². The van der Waals surface area contributed by atoms with E-state index >= 15 is 0 Å². The van der Waals surface area contributed by atoms with E-state index in [0.717, 1.165) is 31.2 Å². The fourth-order valence-electron chi connectivity index (χ4n) is 4.33. The summed E-state index contributed by atoms with van der Waals surface area (Å²) in [6.07, 6.45) is 6.82. The van der Waals surface area contributed by atoms with Gasteiger partial charge < -0.3 is 21.3 Å². The summed E-state index contributed by atoms with van der Waals surface area (Å²) < 4.78 is 0. The van der Waals surface area contributed by atoms with E-state index < -0.39 is 10.9 Å². The molecule has 1 aliphatic rings. The van der Waals surface area contributed by atoms with Gasteiger partial charge in [-0.3, -0.25) is 14.4 Å². The highest BCUT2D eigenvalue weighted by molar-refractivity contribution is 5.87. The molecule has 1 aliphatic carbocycles. The van der Waals surface area contributed by atoms with Gasteiger partial charge in [0.2, 0.25) is 5.91 Å². The number of pyridine rings is 1. The van der Waals surface area contributed by atoms with Crippen LogP contribution in [0.4, 0.5) is 22.9 Å². The van der Waals surface area contributed by atoms with E-state index in [1.54, 1.807) is 18.3 Å². The smallest absolute Gasteiger partial charge is 0.253 e. The minimum absolute atomic E-state index is 0.0125. The van der Waals surface area contributed by atoms with Gasteiger partial charge in [0.05, 0.1) is 0 Å². The Hall–Kier alpha value is -3.94. The molecule has 0 spiro atoms. The van der Waals surface area contributed by atoms with Crippen molar-refractivity contribution in [3.8, 4) is 0 Å². The van der Waals surface area contributed by atoms with Crippen LogP contribution < -0.4 is 32.1 Å². The van der Waals surface area contributed by atoms with E-state index in [1.165, 1.54) is 6.08 Å². The minimum atomic E-state index is -0.548. The van der Waals surface area contributed by atoms with Crippen molar-refractivity contribution >= 4 is 28.8 Å². The Bertz CT molecular complexity index is 1230. The van der Waals surface area contributed by atoms with Crippen molar-refractivity contribution < 1.29 is 4.79 Å². The Kier molecular flexibility index (Phi) is 7.06. The molecule has 1 aromatic heterocycles. The highest BCUT2D eigenvalue weighted by Crippen LogP contribution is 2.27. The van der Waals surface area contributed by atoms with Crippen LogP contribution in [0.3, 0.4) is 0 Å². The average Bonchev–Trinajstić information content (AvgIpc) is 2.87. The van der Waals surface area contributed by atoms with E-state index in [2.05, 4.69) is 32.8 Å². The van der Waals surface area contributed by atoms with Crippen LogP contribution in [-0.2, 0) is 4.79 Å². The molecule has 2 aromatic carbocycles. The average molecular weight is 460 g/mol. The van der Waals surface area contributed by atoms with Crippen molar-refractivity contribution in [2.45, 2.75) is 50.7 Å². The number of benzene rings is 1. The second kappa shape index (κ2) is 10.3. The standard InChI is InChI=1S/C26H29N5O3/c1-3-22(32)31-20-12-8-7-11-19(20)30-21-15-18(13-14-27-21)29-24-23(25(33)26(24)34)28-16(2)17-9-5-4-6-10-17/h3-6,9-10,13-16,19-20,28H,1,7-8,11-12H2,2H3,(H,31,32)(H2,27,29,30)/t16-,19+,20-/m1/s1. The maximum absolute atomic E-state index is 12.3. The van der Waals surface area contributed by atoms with Gasteiger partial charge in [-0.1, -0.05) is 49.8 Å². The second-order valence-electron chi connectivity index (χ2n) is 8.59. The normalized spacial score (nSPS) is 18.6. The van der Waals surface area contributed by atoms with Crippen molar-refractivity contribution in [1.82, 2.24) is 10.3 Å². The van der Waals surface area contributed by atoms with Gasteiger partial charge in [0.1, 0.15) is 17.2 Å². The monoisotopic (exact) mass is 459 g/mol. The molecule has 4 rings (SSSR count). The van der Waals surface area contributed by atoms with Crippen LogP contribution in [0, 0.1) is 0 Å². The molecule has 0 aliphatic heterocycles. The van der Waals surface area contributed by atoms with Gasteiger partial charge in [0.25, 0.3) is 10.9 Å². The van der Waals surface area contributed by atoms with E-state index in [0.29, 0.717) is 11.5 Å². The summed E-state index contributed by atoms with van der Waals surface area (Å²) in [5.41, 5.74) is 1.12. The van der Waals surface area contributed by atoms with Gasteiger partial charge in [0.15, 0.2) is 0 Å². The molecule has 1 heterocycles. The maximum atomic E-state index is 12.3. The van der Waals surface area contributed by atoms with Crippen molar-refractivity contribution in [2.75, 3.05) is 16.0 Å². The third-order valence-corrected chi connectivity index (χ3v) is 6.21. The number of aromatic nitrogens is 1. The fourth-order valence-corrected chi connectivity index (χ4v) is 4.33. The predicted octanol–water partition coefficient (Wildman–Crippen LogP) is 3.62. The zero-order valence-corrected chi connectivity index (χ0v) is 19.1. The Labute approximate surface area is 198 Å². The first kappa shape index (κ1) is 23.2. The van der Waals surface area contributed by atoms with Crippen LogP contribution in [0.1, 0.15) is 44.2 Å². The number of nitrogens with one attached hydrogen (secondary N) is 4. The fraction of sp³-hybridized carbons (Fsp3) is 0.308. The van der Waals surface area contributed by atoms with Gasteiger partial charge in [0, 0.05) is 36.1 Å².